The molecule has 0 spiro atoms. The lowest BCUT2D eigenvalue weighted by Gasteiger charge is -2.32. The largest absolute Gasteiger partial charge is 0.496 e. The zero-order chi connectivity index (χ0) is 20.6. The van der Waals surface area contributed by atoms with E-state index >= 15 is 0 Å². The van der Waals surface area contributed by atoms with E-state index in [0.717, 1.165) is 37.1 Å². The number of amides is 2. The van der Waals surface area contributed by atoms with Crippen molar-refractivity contribution in [2.24, 2.45) is 5.92 Å². The molecule has 1 heterocycles. The highest BCUT2D eigenvalue weighted by molar-refractivity contribution is 5.92. The Hall–Kier alpha value is -2.50. The van der Waals surface area contributed by atoms with Crippen LogP contribution < -0.4 is 10.1 Å². The first kappa shape index (κ1) is 21.8. The molecule has 2 rings (SSSR count). The third-order valence-corrected chi connectivity index (χ3v) is 4.60. The number of para-hydroxylation sites is 1. The van der Waals surface area contributed by atoms with E-state index in [-0.39, 0.29) is 5.91 Å². The highest BCUT2D eigenvalue weighted by Gasteiger charge is 2.23. The summed E-state index contributed by atoms with van der Waals surface area (Å²) < 4.78 is 10.6. The van der Waals surface area contributed by atoms with Gasteiger partial charge in [0, 0.05) is 31.3 Å². The summed E-state index contributed by atoms with van der Waals surface area (Å²) in [5.74, 6) is 1.14. The Bertz CT molecular complexity index is 694. The molecule has 1 atom stereocenters. The number of carbonyl (C=O) groups is 2. The van der Waals surface area contributed by atoms with Crippen LogP contribution in [0.3, 0.4) is 0 Å². The molecular weight excluding hydrogens is 356 g/mol. The number of likely N-dealkylation sites (tertiary alicyclic amines) is 1. The van der Waals surface area contributed by atoms with Crippen LogP contribution in [-0.4, -0.2) is 49.2 Å². The van der Waals surface area contributed by atoms with Crippen molar-refractivity contribution in [2.75, 3.05) is 26.7 Å². The van der Waals surface area contributed by atoms with E-state index in [1.807, 2.05) is 49.9 Å². The number of nitrogens with zero attached hydrogens (tertiary/aromatic N) is 1. The molecule has 1 saturated heterocycles. The molecule has 1 aliphatic heterocycles. The summed E-state index contributed by atoms with van der Waals surface area (Å²) in [7, 11) is 1.62. The van der Waals surface area contributed by atoms with Crippen molar-refractivity contribution in [1.29, 1.82) is 0 Å². The highest BCUT2D eigenvalue weighted by Crippen LogP contribution is 2.21. The first-order valence-electron chi connectivity index (χ1n) is 9.85. The molecule has 6 heteroatoms. The summed E-state index contributed by atoms with van der Waals surface area (Å²) in [6.45, 7) is 7.57. The molecule has 2 amide bonds. The molecule has 1 fully saturated rings. The number of nitrogens with one attached hydrogen (secondary N) is 1. The Labute approximate surface area is 167 Å². The number of benzene rings is 1. The Morgan fingerprint density at radius 3 is 2.75 bits per heavy atom. The van der Waals surface area contributed by atoms with E-state index in [1.54, 1.807) is 19.3 Å². The predicted octanol–water partition coefficient (Wildman–Crippen LogP) is 3.86. The third kappa shape index (κ3) is 7.25. The van der Waals surface area contributed by atoms with Gasteiger partial charge in [0.15, 0.2) is 0 Å². The van der Waals surface area contributed by atoms with Gasteiger partial charge in [-0.1, -0.05) is 18.2 Å². The number of piperidine rings is 1. The lowest BCUT2D eigenvalue weighted by atomic mass is 9.94. The molecule has 0 saturated carbocycles. The van der Waals surface area contributed by atoms with Gasteiger partial charge in [0.1, 0.15) is 11.4 Å². The predicted molar refractivity (Wildman–Crippen MR) is 110 cm³/mol. The van der Waals surface area contributed by atoms with Gasteiger partial charge >= 0.3 is 6.09 Å². The Morgan fingerprint density at radius 2 is 2.04 bits per heavy atom. The van der Waals surface area contributed by atoms with Crippen LogP contribution >= 0.6 is 0 Å². The van der Waals surface area contributed by atoms with Gasteiger partial charge in [-0.3, -0.25) is 4.79 Å². The summed E-state index contributed by atoms with van der Waals surface area (Å²) in [6.07, 6.45) is 5.89. The van der Waals surface area contributed by atoms with Crippen molar-refractivity contribution in [3.8, 4) is 5.75 Å². The van der Waals surface area contributed by atoms with Crippen LogP contribution in [0.1, 0.15) is 45.6 Å². The van der Waals surface area contributed by atoms with E-state index in [0.29, 0.717) is 19.0 Å². The fraction of sp³-hybridized carbons (Fsp3) is 0.545. The van der Waals surface area contributed by atoms with Crippen LogP contribution in [0, 0.1) is 5.92 Å². The third-order valence-electron chi connectivity index (χ3n) is 4.60. The van der Waals surface area contributed by atoms with Crippen molar-refractivity contribution >= 4 is 18.1 Å². The topological polar surface area (TPSA) is 67.9 Å². The standard InChI is InChI=1S/C22H32N2O4/c1-22(2,3)28-21(26)23-14-13-17-8-7-15-24(16-17)20(25)12-11-18-9-5-6-10-19(18)27-4/h5-6,9-12,17H,7-8,13-16H2,1-4H3,(H,23,26). The molecule has 1 unspecified atom stereocenters. The lowest BCUT2D eigenvalue weighted by molar-refractivity contribution is -0.127. The van der Waals surface area contributed by atoms with Crippen LogP contribution in [0.15, 0.2) is 30.3 Å². The molecule has 6 nitrogen and oxygen atoms in total. The van der Waals surface area contributed by atoms with Gasteiger partial charge in [-0.05, 0) is 58.1 Å². The minimum Gasteiger partial charge on any atom is -0.496 e. The van der Waals surface area contributed by atoms with Gasteiger partial charge in [0.25, 0.3) is 0 Å². The second-order valence-corrected chi connectivity index (χ2v) is 8.09. The van der Waals surface area contributed by atoms with Gasteiger partial charge in [-0.15, -0.1) is 0 Å². The van der Waals surface area contributed by atoms with Crippen molar-refractivity contribution in [3.63, 3.8) is 0 Å². The molecule has 0 bridgehead atoms. The second-order valence-electron chi connectivity index (χ2n) is 8.09. The molecule has 1 aliphatic rings. The quantitative estimate of drug-likeness (QED) is 0.752. The number of carbonyl (C=O) groups excluding carboxylic acids is 2. The molecule has 1 aromatic carbocycles. The zero-order valence-electron chi connectivity index (χ0n) is 17.4. The van der Waals surface area contributed by atoms with Crippen molar-refractivity contribution in [2.45, 2.75) is 45.6 Å². The van der Waals surface area contributed by atoms with E-state index < -0.39 is 11.7 Å². The monoisotopic (exact) mass is 388 g/mol. The molecule has 0 aromatic heterocycles. The fourth-order valence-electron chi connectivity index (χ4n) is 3.26. The summed E-state index contributed by atoms with van der Waals surface area (Å²) in [5, 5.41) is 2.80. The van der Waals surface area contributed by atoms with Crippen molar-refractivity contribution in [1.82, 2.24) is 10.2 Å². The summed E-state index contributed by atoms with van der Waals surface area (Å²) in [5.41, 5.74) is 0.389. The first-order valence-corrected chi connectivity index (χ1v) is 9.85. The lowest BCUT2D eigenvalue weighted by Crippen LogP contribution is -2.40. The Balaban J connectivity index is 1.81. The highest BCUT2D eigenvalue weighted by atomic mass is 16.6. The Morgan fingerprint density at radius 1 is 1.29 bits per heavy atom. The zero-order valence-corrected chi connectivity index (χ0v) is 17.4. The summed E-state index contributed by atoms with van der Waals surface area (Å²) >= 11 is 0. The van der Waals surface area contributed by atoms with Crippen LogP contribution in [0.25, 0.3) is 6.08 Å². The molecule has 0 radical (unpaired) electrons. The molecule has 1 aromatic rings. The van der Waals surface area contributed by atoms with Crippen LogP contribution in [0.5, 0.6) is 5.75 Å². The summed E-state index contributed by atoms with van der Waals surface area (Å²) in [6, 6.07) is 7.61. The maximum atomic E-state index is 12.6. The van der Waals surface area contributed by atoms with E-state index in [2.05, 4.69) is 5.32 Å². The van der Waals surface area contributed by atoms with E-state index in [4.69, 9.17) is 9.47 Å². The number of methoxy groups -OCH3 is 1. The van der Waals surface area contributed by atoms with Crippen LogP contribution in [0.2, 0.25) is 0 Å². The average molecular weight is 389 g/mol. The molecular formula is C22H32N2O4. The van der Waals surface area contributed by atoms with Crippen LogP contribution in [-0.2, 0) is 9.53 Å². The number of alkyl carbamates (subject to hydrolysis) is 1. The first-order chi connectivity index (χ1) is 13.3. The maximum Gasteiger partial charge on any atom is 0.407 e. The summed E-state index contributed by atoms with van der Waals surface area (Å²) in [4.78, 5) is 26.2. The number of hydrogen-bond donors (Lipinski definition) is 1. The van der Waals surface area contributed by atoms with Crippen LogP contribution in [0.4, 0.5) is 4.79 Å². The van der Waals surface area contributed by atoms with Crippen molar-refractivity contribution in [3.05, 3.63) is 35.9 Å². The fourth-order valence-corrected chi connectivity index (χ4v) is 3.26. The van der Waals surface area contributed by atoms with E-state index in [1.165, 1.54) is 0 Å². The minimum atomic E-state index is -0.494. The smallest absolute Gasteiger partial charge is 0.407 e. The van der Waals surface area contributed by atoms with Gasteiger partial charge < -0.3 is 19.7 Å². The minimum absolute atomic E-state index is 0.00991. The van der Waals surface area contributed by atoms with Gasteiger partial charge in [0.2, 0.25) is 5.91 Å². The molecule has 28 heavy (non-hydrogen) atoms. The molecule has 0 aliphatic carbocycles. The molecule has 1 N–H and O–H groups in total. The second kappa shape index (κ2) is 10.2. The maximum absolute atomic E-state index is 12.6. The number of hydrogen-bond acceptors (Lipinski definition) is 4. The van der Waals surface area contributed by atoms with Gasteiger partial charge in [0.05, 0.1) is 7.11 Å². The van der Waals surface area contributed by atoms with Gasteiger partial charge in [-0.25, -0.2) is 4.79 Å². The van der Waals surface area contributed by atoms with Crippen molar-refractivity contribution < 1.29 is 19.1 Å². The number of rotatable bonds is 6. The normalized spacial score (nSPS) is 17.4. The SMILES string of the molecule is COc1ccccc1C=CC(=O)N1CCCC(CCNC(=O)OC(C)(C)C)C1. The van der Waals surface area contributed by atoms with Gasteiger partial charge in [-0.2, -0.15) is 0 Å². The number of ether oxygens (including phenoxy) is 2. The molecule has 154 valence electrons. The average Bonchev–Trinajstić information content (AvgIpc) is 2.65. The Kier molecular flexibility index (Phi) is 7.91. The van der Waals surface area contributed by atoms with E-state index in [9.17, 15) is 9.59 Å².